The Bertz CT molecular complexity index is 902. The molecule has 2 aliphatic heterocycles. The number of benzene rings is 1. The number of sulfonamides is 1. The van der Waals surface area contributed by atoms with Gasteiger partial charge in [0.25, 0.3) is 0 Å². The van der Waals surface area contributed by atoms with Crippen LogP contribution in [0.4, 0.5) is 13.2 Å². The quantitative estimate of drug-likeness (QED) is 0.699. The molecule has 0 unspecified atom stereocenters. The minimum Gasteiger partial charge on any atom is -0.341 e. The Morgan fingerprint density at radius 1 is 1.00 bits per heavy atom. The van der Waals surface area contributed by atoms with E-state index in [9.17, 15) is 26.4 Å². The van der Waals surface area contributed by atoms with Gasteiger partial charge in [-0.05, 0) is 49.8 Å². The molecule has 1 aromatic rings. The Morgan fingerprint density at radius 2 is 1.77 bits per heavy atom. The average molecular weight is 446 g/mol. The molecule has 2 saturated heterocycles. The summed E-state index contributed by atoms with van der Waals surface area (Å²) in [5.74, 6) is 0.751. The fourth-order valence-corrected chi connectivity index (χ4v) is 5.82. The summed E-state index contributed by atoms with van der Waals surface area (Å²) < 4.78 is 66.1. The van der Waals surface area contributed by atoms with Crippen LogP contribution in [0, 0.1) is 5.92 Å². The van der Waals surface area contributed by atoms with Crippen LogP contribution in [-0.2, 0) is 21.0 Å². The number of likely N-dealkylation sites (tertiary alicyclic amines) is 1. The molecule has 1 amide bonds. The predicted octanol–water partition coefficient (Wildman–Crippen LogP) is 2.41. The van der Waals surface area contributed by atoms with Gasteiger partial charge in [0.05, 0.1) is 16.5 Å². The fourth-order valence-electron chi connectivity index (χ4n) is 4.30. The lowest BCUT2D eigenvalue weighted by molar-refractivity contribution is -0.137. The molecular formula is C20H26F3N3O3S. The van der Waals surface area contributed by atoms with Gasteiger partial charge < -0.3 is 4.90 Å². The van der Waals surface area contributed by atoms with E-state index in [1.54, 1.807) is 0 Å². The van der Waals surface area contributed by atoms with Crippen LogP contribution in [0.1, 0.15) is 31.2 Å². The molecule has 30 heavy (non-hydrogen) atoms. The lowest BCUT2D eigenvalue weighted by atomic mass is 10.2. The zero-order valence-corrected chi connectivity index (χ0v) is 17.5. The lowest BCUT2D eigenvalue weighted by Gasteiger charge is -2.26. The van der Waals surface area contributed by atoms with Gasteiger partial charge >= 0.3 is 6.18 Å². The van der Waals surface area contributed by atoms with Crippen LogP contribution in [0.5, 0.6) is 0 Å². The number of alkyl halides is 3. The molecule has 1 atom stereocenters. The Balaban J connectivity index is 1.43. The van der Waals surface area contributed by atoms with Gasteiger partial charge in [-0.1, -0.05) is 6.07 Å². The van der Waals surface area contributed by atoms with Crippen LogP contribution in [-0.4, -0.2) is 73.7 Å². The SMILES string of the molecule is O=C1[C@@H](N2CCCN(S(=O)(=O)c3cccc(C(F)(F)F)c3)CC2)CCN1CC1CC1. The smallest absolute Gasteiger partial charge is 0.341 e. The molecule has 0 N–H and O–H groups in total. The van der Waals surface area contributed by atoms with Gasteiger partial charge in [0.2, 0.25) is 15.9 Å². The third-order valence-electron chi connectivity index (χ3n) is 6.17. The highest BCUT2D eigenvalue weighted by atomic mass is 32.2. The van der Waals surface area contributed by atoms with E-state index in [0.29, 0.717) is 31.5 Å². The van der Waals surface area contributed by atoms with Gasteiger partial charge in [0.1, 0.15) is 0 Å². The van der Waals surface area contributed by atoms with E-state index < -0.39 is 21.8 Å². The third kappa shape index (κ3) is 4.50. The first-order valence-corrected chi connectivity index (χ1v) is 11.8. The molecule has 0 bridgehead atoms. The van der Waals surface area contributed by atoms with E-state index in [4.69, 9.17) is 0 Å². The van der Waals surface area contributed by atoms with Gasteiger partial charge in [-0.15, -0.1) is 0 Å². The number of nitrogens with zero attached hydrogens (tertiary/aromatic N) is 3. The monoisotopic (exact) mass is 445 g/mol. The summed E-state index contributed by atoms with van der Waals surface area (Å²) in [6, 6.07) is 3.64. The van der Waals surface area contributed by atoms with Crippen molar-refractivity contribution in [3.05, 3.63) is 29.8 Å². The second kappa shape index (κ2) is 8.12. The number of carbonyl (C=O) groups is 1. The zero-order valence-electron chi connectivity index (χ0n) is 16.6. The molecule has 1 aliphatic carbocycles. The molecule has 2 heterocycles. The summed E-state index contributed by atoms with van der Waals surface area (Å²) in [5.41, 5.74) is -0.979. The Kier molecular flexibility index (Phi) is 5.84. The maximum atomic E-state index is 13.0. The first-order chi connectivity index (χ1) is 14.2. The topological polar surface area (TPSA) is 60.9 Å². The normalized spacial score (nSPS) is 25.0. The Morgan fingerprint density at radius 3 is 2.47 bits per heavy atom. The maximum Gasteiger partial charge on any atom is 0.416 e. The minimum absolute atomic E-state index is 0.121. The van der Waals surface area contributed by atoms with Crippen molar-refractivity contribution < 1.29 is 26.4 Å². The number of carbonyl (C=O) groups excluding carboxylic acids is 1. The summed E-state index contributed by atoms with van der Waals surface area (Å²) in [5, 5.41) is 0. The van der Waals surface area contributed by atoms with Crippen LogP contribution in [0.25, 0.3) is 0 Å². The molecule has 0 radical (unpaired) electrons. The van der Waals surface area contributed by atoms with Crippen LogP contribution in [0.2, 0.25) is 0 Å². The van der Waals surface area contributed by atoms with E-state index in [-0.39, 0.29) is 29.9 Å². The highest BCUT2D eigenvalue weighted by molar-refractivity contribution is 7.89. The van der Waals surface area contributed by atoms with Crippen LogP contribution in [0.3, 0.4) is 0 Å². The molecule has 1 saturated carbocycles. The van der Waals surface area contributed by atoms with E-state index in [0.717, 1.165) is 31.6 Å². The number of hydrogen-bond donors (Lipinski definition) is 0. The van der Waals surface area contributed by atoms with E-state index in [1.807, 2.05) is 9.80 Å². The second-order valence-electron chi connectivity index (χ2n) is 8.35. The van der Waals surface area contributed by atoms with Crippen molar-refractivity contribution >= 4 is 15.9 Å². The number of amides is 1. The van der Waals surface area contributed by atoms with Crippen molar-refractivity contribution in [3.63, 3.8) is 0 Å². The lowest BCUT2D eigenvalue weighted by Crippen LogP contribution is -2.44. The summed E-state index contributed by atoms with van der Waals surface area (Å²) in [7, 11) is -4.04. The van der Waals surface area contributed by atoms with Crippen LogP contribution < -0.4 is 0 Å². The first kappa shape index (κ1) is 21.6. The molecule has 10 heteroatoms. The largest absolute Gasteiger partial charge is 0.416 e. The highest BCUT2D eigenvalue weighted by Crippen LogP contribution is 2.33. The molecule has 4 rings (SSSR count). The molecule has 1 aromatic carbocycles. The summed E-state index contributed by atoms with van der Waals surface area (Å²) in [6.07, 6.45) is -0.964. The second-order valence-corrected chi connectivity index (χ2v) is 10.3. The predicted molar refractivity (Wildman–Crippen MR) is 104 cm³/mol. The summed E-state index contributed by atoms with van der Waals surface area (Å²) in [6.45, 7) is 2.93. The van der Waals surface area contributed by atoms with E-state index >= 15 is 0 Å². The van der Waals surface area contributed by atoms with Gasteiger partial charge in [-0.3, -0.25) is 9.69 Å². The van der Waals surface area contributed by atoms with E-state index in [2.05, 4.69) is 0 Å². The maximum absolute atomic E-state index is 13.0. The van der Waals surface area contributed by atoms with Crippen molar-refractivity contribution in [2.45, 2.75) is 42.8 Å². The molecule has 166 valence electrons. The molecule has 0 spiro atoms. The van der Waals surface area contributed by atoms with Crippen molar-refractivity contribution in [2.75, 3.05) is 39.3 Å². The number of hydrogen-bond acceptors (Lipinski definition) is 4. The molecule has 3 fully saturated rings. The number of halogens is 3. The van der Waals surface area contributed by atoms with Crippen LogP contribution >= 0.6 is 0 Å². The van der Waals surface area contributed by atoms with Crippen LogP contribution in [0.15, 0.2) is 29.2 Å². The van der Waals surface area contributed by atoms with Crippen molar-refractivity contribution in [2.24, 2.45) is 5.92 Å². The minimum atomic E-state index is -4.60. The molecule has 3 aliphatic rings. The highest BCUT2D eigenvalue weighted by Gasteiger charge is 2.39. The average Bonchev–Trinajstić information content (AvgIpc) is 3.48. The summed E-state index contributed by atoms with van der Waals surface area (Å²) in [4.78, 5) is 16.4. The Hall–Kier alpha value is -1.65. The third-order valence-corrected chi connectivity index (χ3v) is 8.07. The van der Waals surface area contributed by atoms with Crippen molar-refractivity contribution in [3.8, 4) is 0 Å². The molecular weight excluding hydrogens is 419 g/mol. The zero-order chi connectivity index (χ0) is 21.5. The van der Waals surface area contributed by atoms with E-state index in [1.165, 1.54) is 23.2 Å². The molecule has 6 nitrogen and oxygen atoms in total. The summed E-state index contributed by atoms with van der Waals surface area (Å²) >= 11 is 0. The van der Waals surface area contributed by atoms with Gasteiger partial charge in [0, 0.05) is 39.3 Å². The first-order valence-electron chi connectivity index (χ1n) is 10.4. The number of rotatable bonds is 5. The van der Waals surface area contributed by atoms with Crippen molar-refractivity contribution in [1.29, 1.82) is 0 Å². The standard InChI is InChI=1S/C20H26F3N3O3S/c21-20(22,23)16-3-1-4-17(13-16)30(28,29)26-9-2-8-24(11-12-26)18-7-10-25(19(18)27)14-15-5-6-15/h1,3-4,13,15,18H,2,5-12,14H2/t18-/m0/s1. The van der Waals surface area contributed by atoms with Gasteiger partial charge in [0.15, 0.2) is 0 Å². The van der Waals surface area contributed by atoms with Crippen molar-refractivity contribution in [1.82, 2.24) is 14.1 Å². The van der Waals surface area contributed by atoms with Gasteiger partial charge in [-0.2, -0.15) is 17.5 Å². The molecule has 0 aromatic heterocycles. The van der Waals surface area contributed by atoms with Gasteiger partial charge in [-0.25, -0.2) is 8.42 Å². The fraction of sp³-hybridized carbons (Fsp3) is 0.650. The Labute approximate surface area is 174 Å².